The second-order valence-electron chi connectivity index (χ2n) is 4.43. The van der Waals surface area contributed by atoms with Gasteiger partial charge in [-0.25, -0.2) is 4.98 Å². The summed E-state index contributed by atoms with van der Waals surface area (Å²) in [6.07, 6.45) is 1.94. The summed E-state index contributed by atoms with van der Waals surface area (Å²) in [5.74, 6) is 0. The highest BCUT2D eigenvalue weighted by molar-refractivity contribution is 7.15. The van der Waals surface area contributed by atoms with Crippen LogP contribution in [-0.2, 0) is 13.1 Å². The average Bonchev–Trinajstić information content (AvgIpc) is 2.80. The van der Waals surface area contributed by atoms with E-state index in [-0.39, 0.29) is 0 Å². The SMILES string of the molecule is CCNc1ncc(CN(C)Cc2ccccc2Cl)s1. The Morgan fingerprint density at radius 1 is 1.32 bits per heavy atom. The molecule has 2 aromatic rings. The minimum absolute atomic E-state index is 0.826. The summed E-state index contributed by atoms with van der Waals surface area (Å²) in [5.41, 5.74) is 1.16. The number of nitrogens with one attached hydrogen (secondary N) is 1. The second kappa shape index (κ2) is 6.89. The number of benzene rings is 1. The van der Waals surface area contributed by atoms with Crippen LogP contribution in [0, 0.1) is 0 Å². The Hall–Kier alpha value is -1.10. The van der Waals surface area contributed by atoms with E-state index in [9.17, 15) is 0 Å². The van der Waals surface area contributed by atoms with Crippen LogP contribution in [0.1, 0.15) is 17.4 Å². The molecule has 0 aliphatic carbocycles. The molecule has 19 heavy (non-hydrogen) atoms. The highest BCUT2D eigenvalue weighted by atomic mass is 35.5. The van der Waals surface area contributed by atoms with Crippen molar-refractivity contribution in [3.8, 4) is 0 Å². The number of anilines is 1. The molecule has 1 aromatic heterocycles. The van der Waals surface area contributed by atoms with Crippen LogP contribution >= 0.6 is 22.9 Å². The van der Waals surface area contributed by atoms with Gasteiger partial charge < -0.3 is 5.32 Å². The fraction of sp³-hybridized carbons (Fsp3) is 0.357. The van der Waals surface area contributed by atoms with Crippen molar-refractivity contribution in [2.75, 3.05) is 18.9 Å². The molecular formula is C14H18ClN3S. The minimum atomic E-state index is 0.826. The highest BCUT2D eigenvalue weighted by Crippen LogP contribution is 2.21. The molecule has 1 N–H and O–H groups in total. The van der Waals surface area contributed by atoms with E-state index in [1.54, 1.807) is 11.3 Å². The number of nitrogens with zero attached hydrogens (tertiary/aromatic N) is 2. The zero-order valence-corrected chi connectivity index (χ0v) is 12.8. The number of hydrogen-bond donors (Lipinski definition) is 1. The molecular weight excluding hydrogens is 278 g/mol. The number of hydrogen-bond acceptors (Lipinski definition) is 4. The van der Waals surface area contributed by atoms with Gasteiger partial charge in [0, 0.05) is 35.7 Å². The van der Waals surface area contributed by atoms with Crippen molar-refractivity contribution < 1.29 is 0 Å². The van der Waals surface area contributed by atoms with Crippen molar-refractivity contribution in [2.24, 2.45) is 0 Å². The van der Waals surface area contributed by atoms with Gasteiger partial charge in [0.15, 0.2) is 5.13 Å². The van der Waals surface area contributed by atoms with Gasteiger partial charge >= 0.3 is 0 Å². The predicted molar refractivity (Wildman–Crippen MR) is 82.9 cm³/mol. The van der Waals surface area contributed by atoms with E-state index >= 15 is 0 Å². The number of halogens is 1. The van der Waals surface area contributed by atoms with Gasteiger partial charge in [-0.2, -0.15) is 0 Å². The summed E-state index contributed by atoms with van der Waals surface area (Å²) in [6.45, 7) is 4.70. The molecule has 0 saturated carbocycles. The first-order chi connectivity index (χ1) is 9.19. The Morgan fingerprint density at radius 3 is 2.84 bits per heavy atom. The van der Waals surface area contributed by atoms with E-state index in [0.717, 1.165) is 35.4 Å². The summed E-state index contributed by atoms with van der Waals surface area (Å²) >= 11 is 7.87. The van der Waals surface area contributed by atoms with Crippen molar-refractivity contribution in [1.29, 1.82) is 0 Å². The lowest BCUT2D eigenvalue weighted by Crippen LogP contribution is -2.16. The van der Waals surface area contributed by atoms with E-state index in [0.29, 0.717) is 0 Å². The van der Waals surface area contributed by atoms with Gasteiger partial charge in [0.1, 0.15) is 0 Å². The van der Waals surface area contributed by atoms with Gasteiger partial charge in [0.05, 0.1) is 0 Å². The largest absolute Gasteiger partial charge is 0.362 e. The lowest BCUT2D eigenvalue weighted by Gasteiger charge is -2.16. The van der Waals surface area contributed by atoms with Crippen LogP contribution in [0.15, 0.2) is 30.5 Å². The first-order valence-corrected chi connectivity index (χ1v) is 7.49. The predicted octanol–water partition coefficient (Wildman–Crippen LogP) is 3.86. The topological polar surface area (TPSA) is 28.2 Å². The molecule has 0 fully saturated rings. The molecule has 1 aromatic carbocycles. The Kier molecular flexibility index (Phi) is 5.19. The quantitative estimate of drug-likeness (QED) is 0.877. The Labute approximate surface area is 123 Å². The average molecular weight is 296 g/mol. The third kappa shape index (κ3) is 4.20. The number of aromatic nitrogens is 1. The fourth-order valence-corrected chi connectivity index (χ4v) is 3.01. The van der Waals surface area contributed by atoms with E-state index in [4.69, 9.17) is 11.6 Å². The molecule has 2 rings (SSSR count). The molecule has 102 valence electrons. The van der Waals surface area contributed by atoms with Gasteiger partial charge in [-0.15, -0.1) is 11.3 Å². The van der Waals surface area contributed by atoms with Crippen LogP contribution in [0.3, 0.4) is 0 Å². The molecule has 0 spiro atoms. The summed E-state index contributed by atoms with van der Waals surface area (Å²) in [5, 5.41) is 5.04. The van der Waals surface area contributed by atoms with E-state index in [1.165, 1.54) is 4.88 Å². The van der Waals surface area contributed by atoms with E-state index < -0.39 is 0 Å². The Bertz CT molecular complexity index is 527. The fourth-order valence-electron chi connectivity index (χ4n) is 1.85. The smallest absolute Gasteiger partial charge is 0.182 e. The molecule has 1 heterocycles. The van der Waals surface area contributed by atoms with Crippen LogP contribution in [0.5, 0.6) is 0 Å². The zero-order valence-electron chi connectivity index (χ0n) is 11.2. The maximum atomic E-state index is 6.17. The van der Waals surface area contributed by atoms with Gasteiger partial charge in [-0.3, -0.25) is 4.90 Å². The van der Waals surface area contributed by atoms with Crippen molar-refractivity contribution in [3.63, 3.8) is 0 Å². The molecule has 5 heteroatoms. The molecule has 0 amide bonds. The monoisotopic (exact) mass is 295 g/mol. The molecule has 0 saturated heterocycles. The van der Waals surface area contributed by atoms with Crippen molar-refractivity contribution in [2.45, 2.75) is 20.0 Å². The van der Waals surface area contributed by atoms with Gasteiger partial charge in [0.2, 0.25) is 0 Å². The van der Waals surface area contributed by atoms with E-state index in [1.807, 2.05) is 24.4 Å². The normalized spacial score (nSPS) is 10.9. The van der Waals surface area contributed by atoms with Gasteiger partial charge in [-0.1, -0.05) is 29.8 Å². The van der Waals surface area contributed by atoms with Crippen LogP contribution in [-0.4, -0.2) is 23.5 Å². The van der Waals surface area contributed by atoms with Gasteiger partial charge in [0.25, 0.3) is 0 Å². The molecule has 0 aliphatic heterocycles. The molecule has 0 unspecified atom stereocenters. The first kappa shape index (κ1) is 14.3. The minimum Gasteiger partial charge on any atom is -0.362 e. The number of rotatable bonds is 6. The second-order valence-corrected chi connectivity index (χ2v) is 5.95. The van der Waals surface area contributed by atoms with Crippen molar-refractivity contribution in [1.82, 2.24) is 9.88 Å². The van der Waals surface area contributed by atoms with Crippen LogP contribution in [0.4, 0.5) is 5.13 Å². The summed E-state index contributed by atoms with van der Waals surface area (Å²) < 4.78 is 0. The number of thiazole rings is 1. The van der Waals surface area contributed by atoms with Crippen LogP contribution in [0.25, 0.3) is 0 Å². The first-order valence-electron chi connectivity index (χ1n) is 6.29. The molecule has 0 bridgehead atoms. The van der Waals surface area contributed by atoms with Gasteiger partial charge in [-0.05, 0) is 25.6 Å². The van der Waals surface area contributed by atoms with Crippen LogP contribution < -0.4 is 5.32 Å². The van der Waals surface area contributed by atoms with Crippen molar-refractivity contribution >= 4 is 28.1 Å². The molecule has 0 atom stereocenters. The molecule has 0 radical (unpaired) electrons. The zero-order chi connectivity index (χ0) is 13.7. The summed E-state index contributed by atoms with van der Waals surface area (Å²) in [4.78, 5) is 7.83. The molecule has 0 aliphatic rings. The summed E-state index contributed by atoms with van der Waals surface area (Å²) in [6, 6.07) is 7.97. The third-order valence-corrected chi connectivity index (χ3v) is 4.01. The standard InChI is InChI=1S/C14H18ClN3S/c1-3-16-14-17-8-12(19-14)10-18(2)9-11-6-4-5-7-13(11)15/h4-8H,3,9-10H2,1-2H3,(H,16,17). The maximum Gasteiger partial charge on any atom is 0.182 e. The maximum absolute atomic E-state index is 6.17. The molecule has 3 nitrogen and oxygen atoms in total. The van der Waals surface area contributed by atoms with E-state index in [2.05, 4.69) is 35.2 Å². The highest BCUT2D eigenvalue weighted by Gasteiger charge is 2.07. The van der Waals surface area contributed by atoms with Crippen LogP contribution in [0.2, 0.25) is 5.02 Å². The lowest BCUT2D eigenvalue weighted by molar-refractivity contribution is 0.322. The summed E-state index contributed by atoms with van der Waals surface area (Å²) in [7, 11) is 2.09. The Morgan fingerprint density at radius 2 is 2.11 bits per heavy atom. The Balaban J connectivity index is 1.93. The lowest BCUT2D eigenvalue weighted by atomic mass is 10.2. The third-order valence-electron chi connectivity index (χ3n) is 2.71. The van der Waals surface area contributed by atoms with Crippen molar-refractivity contribution in [3.05, 3.63) is 45.9 Å².